The molecule has 0 radical (unpaired) electrons. The topological polar surface area (TPSA) is 63.8 Å². The normalized spacial score (nSPS) is 12.5. The van der Waals surface area contributed by atoms with E-state index >= 15 is 0 Å². The van der Waals surface area contributed by atoms with E-state index in [1.807, 2.05) is 18.7 Å². The molecule has 1 aromatic rings. The molecule has 1 aromatic heterocycles. The summed E-state index contributed by atoms with van der Waals surface area (Å²) >= 11 is 1.87. The van der Waals surface area contributed by atoms with Gasteiger partial charge in [0.05, 0.1) is 0 Å². The third-order valence-corrected chi connectivity index (χ3v) is 3.28. The largest absolute Gasteiger partial charge is 0.370 e. The number of rotatable bonds is 5. The SMILES string of the molecule is CSC(C)CCNc1nc(N)ncc1C. The van der Waals surface area contributed by atoms with Crippen molar-refractivity contribution in [2.75, 3.05) is 23.9 Å². The first-order valence-electron chi connectivity index (χ1n) is 4.99. The summed E-state index contributed by atoms with van der Waals surface area (Å²) in [5.41, 5.74) is 6.55. The van der Waals surface area contributed by atoms with E-state index in [1.54, 1.807) is 6.20 Å². The number of aryl methyl sites for hydroxylation is 1. The van der Waals surface area contributed by atoms with Crippen LogP contribution in [0.4, 0.5) is 11.8 Å². The Morgan fingerprint density at radius 3 is 3.00 bits per heavy atom. The zero-order valence-electron chi connectivity index (χ0n) is 9.45. The highest BCUT2D eigenvalue weighted by molar-refractivity contribution is 7.99. The molecule has 0 aliphatic rings. The van der Waals surface area contributed by atoms with Gasteiger partial charge in [-0.05, 0) is 19.6 Å². The number of thioether (sulfide) groups is 1. The first kappa shape index (κ1) is 12.1. The molecule has 1 heterocycles. The number of anilines is 2. The second kappa shape index (κ2) is 5.80. The van der Waals surface area contributed by atoms with Gasteiger partial charge in [0.1, 0.15) is 5.82 Å². The number of nitrogens with two attached hydrogens (primary N) is 1. The Balaban J connectivity index is 2.46. The van der Waals surface area contributed by atoms with Crippen LogP contribution >= 0.6 is 11.8 Å². The van der Waals surface area contributed by atoms with Gasteiger partial charge in [-0.15, -0.1) is 0 Å². The van der Waals surface area contributed by atoms with Crippen molar-refractivity contribution >= 4 is 23.5 Å². The second-order valence-corrected chi connectivity index (χ2v) is 4.80. The van der Waals surface area contributed by atoms with Crippen LogP contribution in [0.25, 0.3) is 0 Å². The van der Waals surface area contributed by atoms with Gasteiger partial charge in [0.25, 0.3) is 0 Å². The van der Waals surface area contributed by atoms with Gasteiger partial charge in [0.2, 0.25) is 5.95 Å². The number of hydrogen-bond acceptors (Lipinski definition) is 5. The fourth-order valence-corrected chi connectivity index (χ4v) is 1.50. The summed E-state index contributed by atoms with van der Waals surface area (Å²) in [6, 6.07) is 0. The van der Waals surface area contributed by atoms with Gasteiger partial charge >= 0.3 is 0 Å². The van der Waals surface area contributed by atoms with Crippen LogP contribution in [-0.2, 0) is 0 Å². The van der Waals surface area contributed by atoms with E-state index in [2.05, 4.69) is 28.5 Å². The summed E-state index contributed by atoms with van der Waals surface area (Å²) in [4.78, 5) is 8.07. The summed E-state index contributed by atoms with van der Waals surface area (Å²) in [6.45, 7) is 5.10. The summed E-state index contributed by atoms with van der Waals surface area (Å²) in [7, 11) is 0. The molecule has 15 heavy (non-hydrogen) atoms. The molecule has 0 fully saturated rings. The molecule has 1 rings (SSSR count). The van der Waals surface area contributed by atoms with Gasteiger partial charge in [0.15, 0.2) is 0 Å². The summed E-state index contributed by atoms with van der Waals surface area (Å²) in [5, 5.41) is 3.94. The highest BCUT2D eigenvalue weighted by Crippen LogP contribution is 2.13. The van der Waals surface area contributed by atoms with Gasteiger partial charge < -0.3 is 11.1 Å². The van der Waals surface area contributed by atoms with E-state index in [1.165, 1.54) is 0 Å². The Morgan fingerprint density at radius 1 is 1.60 bits per heavy atom. The smallest absolute Gasteiger partial charge is 0.221 e. The van der Waals surface area contributed by atoms with E-state index in [9.17, 15) is 0 Å². The minimum atomic E-state index is 0.320. The lowest BCUT2D eigenvalue weighted by molar-refractivity contribution is 0.848. The summed E-state index contributed by atoms with van der Waals surface area (Å²) in [6.07, 6.45) is 4.98. The molecular weight excluding hydrogens is 208 g/mol. The van der Waals surface area contributed by atoms with Gasteiger partial charge in [-0.2, -0.15) is 16.7 Å². The quantitative estimate of drug-likeness (QED) is 0.803. The molecular formula is C10H18N4S. The standard InChI is InChI=1S/C10H18N4S/c1-7-6-13-10(11)14-9(7)12-5-4-8(2)15-3/h6,8H,4-5H2,1-3H3,(H3,11,12,13,14). The van der Waals surface area contributed by atoms with Crippen LogP contribution in [0, 0.1) is 6.92 Å². The van der Waals surface area contributed by atoms with E-state index < -0.39 is 0 Å². The monoisotopic (exact) mass is 226 g/mol. The van der Waals surface area contributed by atoms with Crippen LogP contribution < -0.4 is 11.1 Å². The lowest BCUT2D eigenvalue weighted by Crippen LogP contribution is -2.11. The molecule has 0 saturated carbocycles. The number of nitrogens with one attached hydrogen (secondary N) is 1. The molecule has 0 aromatic carbocycles. The molecule has 0 saturated heterocycles. The maximum absolute atomic E-state index is 5.52. The zero-order chi connectivity index (χ0) is 11.3. The fraction of sp³-hybridized carbons (Fsp3) is 0.600. The van der Waals surface area contributed by atoms with Crippen LogP contribution in [0.15, 0.2) is 6.20 Å². The molecule has 0 amide bonds. The Bertz CT molecular complexity index is 316. The number of hydrogen-bond donors (Lipinski definition) is 2. The third-order valence-electron chi connectivity index (χ3n) is 2.24. The molecule has 84 valence electrons. The van der Waals surface area contributed by atoms with Crippen molar-refractivity contribution in [1.82, 2.24) is 9.97 Å². The minimum Gasteiger partial charge on any atom is -0.370 e. The van der Waals surface area contributed by atoms with Crippen LogP contribution in [0.2, 0.25) is 0 Å². The van der Waals surface area contributed by atoms with Gasteiger partial charge in [0, 0.05) is 23.6 Å². The van der Waals surface area contributed by atoms with E-state index in [-0.39, 0.29) is 0 Å². The Labute approximate surface area is 95.1 Å². The maximum Gasteiger partial charge on any atom is 0.221 e. The highest BCUT2D eigenvalue weighted by Gasteiger charge is 2.02. The van der Waals surface area contributed by atoms with Gasteiger partial charge in [-0.1, -0.05) is 6.92 Å². The van der Waals surface area contributed by atoms with Crippen molar-refractivity contribution in [2.24, 2.45) is 0 Å². The van der Waals surface area contributed by atoms with Crippen molar-refractivity contribution < 1.29 is 0 Å². The van der Waals surface area contributed by atoms with Crippen molar-refractivity contribution in [3.8, 4) is 0 Å². The summed E-state index contributed by atoms with van der Waals surface area (Å²) < 4.78 is 0. The van der Waals surface area contributed by atoms with Gasteiger partial charge in [-0.3, -0.25) is 0 Å². The van der Waals surface area contributed by atoms with Crippen molar-refractivity contribution in [3.63, 3.8) is 0 Å². The van der Waals surface area contributed by atoms with E-state index in [4.69, 9.17) is 5.73 Å². The fourth-order valence-electron chi connectivity index (χ4n) is 1.15. The van der Waals surface area contributed by atoms with Crippen molar-refractivity contribution in [1.29, 1.82) is 0 Å². The predicted molar refractivity (Wildman–Crippen MR) is 67.3 cm³/mol. The van der Waals surface area contributed by atoms with Crippen LogP contribution in [0.5, 0.6) is 0 Å². The van der Waals surface area contributed by atoms with Crippen LogP contribution in [-0.4, -0.2) is 28.0 Å². The number of nitrogen functional groups attached to an aromatic ring is 1. The Hall–Kier alpha value is -0.970. The first-order valence-corrected chi connectivity index (χ1v) is 6.28. The highest BCUT2D eigenvalue weighted by atomic mass is 32.2. The molecule has 0 spiro atoms. The molecule has 0 aliphatic heterocycles. The average Bonchev–Trinajstić information content (AvgIpc) is 2.23. The second-order valence-electron chi connectivity index (χ2n) is 3.52. The lowest BCUT2D eigenvalue weighted by Gasteiger charge is -2.11. The Kier molecular flexibility index (Phi) is 4.68. The molecule has 3 N–H and O–H groups in total. The molecule has 5 heteroatoms. The molecule has 4 nitrogen and oxygen atoms in total. The molecule has 1 atom stereocenters. The van der Waals surface area contributed by atoms with Crippen LogP contribution in [0.3, 0.4) is 0 Å². The van der Waals surface area contributed by atoms with Crippen molar-refractivity contribution in [2.45, 2.75) is 25.5 Å². The first-order chi connectivity index (χ1) is 7.13. The third kappa shape index (κ3) is 3.95. The zero-order valence-corrected chi connectivity index (χ0v) is 10.3. The lowest BCUT2D eigenvalue weighted by atomic mass is 10.3. The number of aromatic nitrogens is 2. The molecule has 1 unspecified atom stereocenters. The number of nitrogens with zero attached hydrogens (tertiary/aromatic N) is 2. The predicted octanol–water partition coefficient (Wildman–Crippen LogP) is 1.92. The Morgan fingerprint density at radius 2 is 2.33 bits per heavy atom. The minimum absolute atomic E-state index is 0.320. The maximum atomic E-state index is 5.52. The van der Waals surface area contributed by atoms with E-state index in [0.29, 0.717) is 11.2 Å². The van der Waals surface area contributed by atoms with Crippen LogP contribution in [0.1, 0.15) is 18.9 Å². The molecule has 0 aliphatic carbocycles. The van der Waals surface area contributed by atoms with E-state index in [0.717, 1.165) is 24.3 Å². The summed E-state index contributed by atoms with van der Waals surface area (Å²) in [5.74, 6) is 1.16. The van der Waals surface area contributed by atoms with Gasteiger partial charge in [-0.25, -0.2) is 4.98 Å². The molecule has 0 bridgehead atoms. The van der Waals surface area contributed by atoms with Crippen molar-refractivity contribution in [3.05, 3.63) is 11.8 Å². The average molecular weight is 226 g/mol.